The number of nitrogens with zero attached hydrogens (tertiary/aromatic N) is 1. The van der Waals surface area contributed by atoms with E-state index >= 15 is 0 Å². The fraction of sp³-hybridized carbons (Fsp3) is 0.235. The van der Waals surface area contributed by atoms with E-state index in [9.17, 15) is 14.7 Å². The zero-order valence-electron chi connectivity index (χ0n) is 13.9. The zero-order valence-corrected chi connectivity index (χ0v) is 14.7. The van der Waals surface area contributed by atoms with E-state index in [-0.39, 0.29) is 23.8 Å². The summed E-state index contributed by atoms with van der Waals surface area (Å²) in [5, 5.41) is 21.1. The summed E-state index contributed by atoms with van der Waals surface area (Å²) < 4.78 is 5.38. The van der Waals surface area contributed by atoms with Crippen LogP contribution in [-0.2, 0) is 14.3 Å². The summed E-state index contributed by atoms with van der Waals surface area (Å²) in [6.07, 6.45) is 1.39. The number of nitrogens with one attached hydrogen (secondary N) is 1. The molecular formula is C17H18ClN3O5. The van der Waals surface area contributed by atoms with Gasteiger partial charge < -0.3 is 26.0 Å². The Kier molecular flexibility index (Phi) is 6.51. The molecular weight excluding hydrogens is 362 g/mol. The van der Waals surface area contributed by atoms with Gasteiger partial charge in [0.1, 0.15) is 24.2 Å². The molecule has 5 N–H and O–H groups in total. The van der Waals surface area contributed by atoms with Gasteiger partial charge in [-0.1, -0.05) is 11.6 Å². The minimum absolute atomic E-state index is 0.0350. The lowest BCUT2D eigenvalue weighted by molar-refractivity contribution is -0.120. The van der Waals surface area contributed by atoms with Crippen LogP contribution in [0, 0.1) is 0 Å². The molecule has 0 aromatic heterocycles. The van der Waals surface area contributed by atoms with Crippen molar-refractivity contribution in [2.45, 2.75) is 13.0 Å². The summed E-state index contributed by atoms with van der Waals surface area (Å²) in [7, 11) is 0. The number of amides is 1. The zero-order chi connectivity index (χ0) is 19.3. The second-order valence-corrected chi connectivity index (χ2v) is 5.87. The first-order valence-electron chi connectivity index (χ1n) is 7.61. The number of benzene rings is 1. The number of aliphatic hydroxyl groups is 2. The van der Waals surface area contributed by atoms with Gasteiger partial charge in [0, 0.05) is 13.0 Å². The number of nitrogens with two attached hydrogens (primary N) is 1. The predicted molar refractivity (Wildman–Crippen MR) is 97.0 cm³/mol. The molecule has 8 nitrogen and oxygen atoms in total. The number of carbonyl (C=O) groups is 2. The number of nitrogen functional groups attached to an aromatic ring is 1. The first kappa shape index (κ1) is 19.6. The van der Waals surface area contributed by atoms with E-state index in [1.807, 2.05) is 0 Å². The summed E-state index contributed by atoms with van der Waals surface area (Å²) >= 11 is 5.98. The van der Waals surface area contributed by atoms with Crippen LogP contribution in [0.5, 0.6) is 0 Å². The third-order valence-corrected chi connectivity index (χ3v) is 3.57. The third kappa shape index (κ3) is 5.16. The summed E-state index contributed by atoms with van der Waals surface area (Å²) in [6, 6.07) is 4.73. The maximum atomic E-state index is 12.1. The highest BCUT2D eigenvalue weighted by Crippen LogP contribution is 2.26. The minimum atomic E-state index is -1.11. The molecule has 0 spiro atoms. The Balaban J connectivity index is 2.38. The summed E-state index contributed by atoms with van der Waals surface area (Å²) in [6.45, 7) is 0.548. The van der Waals surface area contributed by atoms with Gasteiger partial charge in [0.15, 0.2) is 0 Å². The number of halogens is 1. The van der Waals surface area contributed by atoms with Crippen LogP contribution in [0.2, 0.25) is 5.02 Å². The molecule has 1 atom stereocenters. The Morgan fingerprint density at radius 2 is 2.15 bits per heavy atom. The molecule has 26 heavy (non-hydrogen) atoms. The minimum Gasteiger partial charge on any atom is -0.488 e. The molecule has 1 aromatic rings. The highest BCUT2D eigenvalue weighted by Gasteiger charge is 2.22. The monoisotopic (exact) mass is 379 g/mol. The molecule has 1 aromatic carbocycles. The van der Waals surface area contributed by atoms with Gasteiger partial charge in [-0.15, -0.1) is 0 Å². The lowest BCUT2D eigenvalue weighted by Gasteiger charge is -2.18. The van der Waals surface area contributed by atoms with Crippen LogP contribution in [0.3, 0.4) is 0 Å². The largest absolute Gasteiger partial charge is 0.488 e. The van der Waals surface area contributed by atoms with Gasteiger partial charge in [0.05, 0.1) is 28.7 Å². The SMILES string of the molecule is CC(=O)NC1=CC(=Nc2ccc(N)c(Cl)c2)C(OCC(O)CO)=CC1=O. The van der Waals surface area contributed by atoms with E-state index in [0.29, 0.717) is 16.4 Å². The fourth-order valence-electron chi connectivity index (χ4n) is 2.00. The van der Waals surface area contributed by atoms with Crippen molar-refractivity contribution in [2.75, 3.05) is 18.9 Å². The Bertz CT molecular complexity index is 817. The summed E-state index contributed by atoms with van der Waals surface area (Å²) in [5.74, 6) is -0.805. The number of carbonyl (C=O) groups excluding carboxylic acids is 2. The van der Waals surface area contributed by atoms with Gasteiger partial charge in [-0.05, 0) is 24.3 Å². The molecule has 0 saturated heterocycles. The van der Waals surface area contributed by atoms with E-state index in [2.05, 4.69) is 10.3 Å². The van der Waals surface area contributed by atoms with Gasteiger partial charge >= 0.3 is 0 Å². The Morgan fingerprint density at radius 3 is 2.77 bits per heavy atom. The lowest BCUT2D eigenvalue weighted by atomic mass is 10.1. The van der Waals surface area contributed by atoms with Crippen LogP contribution in [-0.4, -0.2) is 46.9 Å². The van der Waals surface area contributed by atoms with E-state index in [0.717, 1.165) is 6.08 Å². The number of aliphatic hydroxyl groups excluding tert-OH is 2. The van der Waals surface area contributed by atoms with Crippen LogP contribution in [0.15, 0.2) is 46.8 Å². The number of rotatable bonds is 6. The molecule has 0 radical (unpaired) electrons. The molecule has 1 amide bonds. The van der Waals surface area contributed by atoms with Crippen LogP contribution in [0.25, 0.3) is 0 Å². The normalized spacial score (nSPS) is 16.8. The van der Waals surface area contributed by atoms with Crippen molar-refractivity contribution in [1.29, 1.82) is 0 Å². The first-order valence-corrected chi connectivity index (χ1v) is 7.99. The molecule has 138 valence electrons. The highest BCUT2D eigenvalue weighted by atomic mass is 35.5. The number of hydrogen-bond donors (Lipinski definition) is 4. The molecule has 0 fully saturated rings. The van der Waals surface area contributed by atoms with Crippen LogP contribution >= 0.6 is 11.6 Å². The van der Waals surface area contributed by atoms with E-state index < -0.39 is 24.4 Å². The van der Waals surface area contributed by atoms with Crippen molar-refractivity contribution in [2.24, 2.45) is 4.99 Å². The average Bonchev–Trinajstić information content (AvgIpc) is 2.58. The standard InChI is InChI=1S/C17H18ClN3O5/c1-9(23)20-14-5-15(21-10-2-3-13(19)12(18)4-10)17(6-16(14)25)26-8-11(24)7-22/h2-6,11,22,24H,7-8,19H2,1H3,(H,20,23). The Labute approximate surface area is 154 Å². The number of allylic oxidation sites excluding steroid dienone is 2. The number of ether oxygens (including phenoxy) is 1. The van der Waals surface area contributed by atoms with Crippen molar-refractivity contribution in [3.63, 3.8) is 0 Å². The molecule has 2 rings (SSSR count). The van der Waals surface area contributed by atoms with Gasteiger partial charge in [-0.25, -0.2) is 4.99 Å². The molecule has 1 aliphatic rings. The molecule has 0 saturated carbocycles. The molecule has 0 aliphatic heterocycles. The molecule has 1 aliphatic carbocycles. The van der Waals surface area contributed by atoms with Crippen LogP contribution < -0.4 is 11.1 Å². The van der Waals surface area contributed by atoms with Crippen molar-refractivity contribution >= 4 is 40.4 Å². The van der Waals surface area contributed by atoms with Gasteiger partial charge in [0.25, 0.3) is 0 Å². The summed E-state index contributed by atoms with van der Waals surface area (Å²) in [4.78, 5) is 27.7. The number of ketones is 1. The quantitative estimate of drug-likeness (QED) is 0.427. The number of anilines is 1. The first-order chi connectivity index (χ1) is 12.3. The number of aliphatic imine (C=N–C) groups is 1. The molecule has 1 unspecified atom stereocenters. The molecule has 0 bridgehead atoms. The third-order valence-electron chi connectivity index (χ3n) is 3.25. The Hall–Kier alpha value is -2.68. The smallest absolute Gasteiger partial charge is 0.221 e. The maximum Gasteiger partial charge on any atom is 0.221 e. The highest BCUT2D eigenvalue weighted by molar-refractivity contribution is 6.33. The van der Waals surface area contributed by atoms with Crippen LogP contribution in [0.4, 0.5) is 11.4 Å². The Morgan fingerprint density at radius 1 is 1.42 bits per heavy atom. The molecule has 0 heterocycles. The van der Waals surface area contributed by atoms with Crippen molar-refractivity contribution in [3.8, 4) is 0 Å². The number of hydrogen-bond acceptors (Lipinski definition) is 7. The van der Waals surface area contributed by atoms with Gasteiger partial charge in [-0.2, -0.15) is 0 Å². The van der Waals surface area contributed by atoms with Crippen molar-refractivity contribution < 1.29 is 24.5 Å². The lowest BCUT2D eigenvalue weighted by Crippen LogP contribution is -2.29. The van der Waals surface area contributed by atoms with Crippen molar-refractivity contribution in [3.05, 3.63) is 46.8 Å². The fourth-order valence-corrected chi connectivity index (χ4v) is 2.18. The predicted octanol–water partition coefficient (Wildman–Crippen LogP) is 0.851. The second kappa shape index (κ2) is 8.61. The van der Waals surface area contributed by atoms with E-state index in [4.69, 9.17) is 27.2 Å². The van der Waals surface area contributed by atoms with Gasteiger partial charge in [0.2, 0.25) is 11.7 Å². The summed E-state index contributed by atoms with van der Waals surface area (Å²) in [5.41, 5.74) is 6.78. The topological polar surface area (TPSA) is 134 Å². The van der Waals surface area contributed by atoms with Gasteiger partial charge in [-0.3, -0.25) is 9.59 Å². The maximum absolute atomic E-state index is 12.1. The second-order valence-electron chi connectivity index (χ2n) is 5.46. The molecule has 9 heteroatoms. The van der Waals surface area contributed by atoms with E-state index in [1.165, 1.54) is 19.1 Å². The van der Waals surface area contributed by atoms with Crippen LogP contribution in [0.1, 0.15) is 6.92 Å². The average molecular weight is 380 g/mol. The van der Waals surface area contributed by atoms with Crippen molar-refractivity contribution in [1.82, 2.24) is 5.32 Å². The van der Waals surface area contributed by atoms with E-state index in [1.54, 1.807) is 12.1 Å².